The van der Waals surface area contributed by atoms with Crippen LogP contribution in [0.5, 0.6) is 5.75 Å². The van der Waals surface area contributed by atoms with Crippen molar-refractivity contribution in [3.63, 3.8) is 0 Å². The smallest absolute Gasteiger partial charge is 0.165 e. The predicted octanol–water partition coefficient (Wildman–Crippen LogP) is 4.07. The van der Waals surface area contributed by atoms with Crippen molar-refractivity contribution in [3.8, 4) is 5.75 Å². The molecule has 1 saturated carbocycles. The van der Waals surface area contributed by atoms with E-state index in [-0.39, 0.29) is 23.0 Å². The lowest BCUT2D eigenvalue weighted by Gasteiger charge is -2.26. The first-order chi connectivity index (χ1) is 12.1. The summed E-state index contributed by atoms with van der Waals surface area (Å²) in [6.07, 6.45) is 3.73. The maximum Gasteiger partial charge on any atom is 0.165 e. The van der Waals surface area contributed by atoms with Gasteiger partial charge >= 0.3 is 0 Å². The molecule has 0 unspecified atom stereocenters. The minimum Gasteiger partial charge on any atom is -0.490 e. The Morgan fingerprint density at radius 1 is 1.27 bits per heavy atom. The van der Waals surface area contributed by atoms with Crippen LogP contribution in [0.1, 0.15) is 58.4 Å². The molecule has 146 valence electrons. The molecule has 6 heteroatoms. The maximum atomic E-state index is 14.0. The lowest BCUT2D eigenvalue weighted by Crippen LogP contribution is -2.30. The van der Waals surface area contributed by atoms with E-state index in [0.717, 1.165) is 18.4 Å². The highest BCUT2D eigenvalue weighted by atomic mass is 32.2. The molecule has 2 rings (SSSR count). The Hall–Kier alpha value is -1.43. The molecule has 0 bridgehead atoms. The fourth-order valence-electron chi connectivity index (χ4n) is 2.93. The van der Waals surface area contributed by atoms with E-state index in [4.69, 9.17) is 4.74 Å². The first-order valence-corrected chi connectivity index (χ1v) is 11.0. The van der Waals surface area contributed by atoms with Crippen molar-refractivity contribution in [2.45, 2.75) is 58.3 Å². The fraction of sp³-hybridized carbons (Fsp3) is 0.650. The Morgan fingerprint density at radius 2 is 1.96 bits per heavy atom. The zero-order valence-electron chi connectivity index (χ0n) is 15.9. The second-order valence-electron chi connectivity index (χ2n) is 8.03. The summed E-state index contributed by atoms with van der Waals surface area (Å²) in [5, 5.41) is 0. The van der Waals surface area contributed by atoms with Gasteiger partial charge in [0.1, 0.15) is 5.78 Å². The van der Waals surface area contributed by atoms with E-state index in [1.165, 1.54) is 13.0 Å². The van der Waals surface area contributed by atoms with Gasteiger partial charge in [-0.15, -0.1) is 0 Å². The van der Waals surface area contributed by atoms with E-state index in [1.54, 1.807) is 12.1 Å². The number of Topliss-reactive ketones (excluding diaryl/α,β-unsaturated/α-hetero) is 1. The molecule has 0 N–H and O–H groups in total. The van der Waals surface area contributed by atoms with Crippen LogP contribution in [0, 0.1) is 11.7 Å². The number of unbranched alkanes of at least 4 members (excludes halogenated alkanes) is 1. The highest BCUT2D eigenvalue weighted by Crippen LogP contribution is 2.33. The van der Waals surface area contributed by atoms with Gasteiger partial charge in [0, 0.05) is 11.8 Å². The molecule has 0 spiro atoms. The molecule has 4 nitrogen and oxygen atoms in total. The summed E-state index contributed by atoms with van der Waals surface area (Å²) < 4.78 is 44.4. The number of benzene rings is 1. The number of sulfone groups is 1. The number of hydrogen-bond acceptors (Lipinski definition) is 4. The molecular formula is C20H29FO4S. The number of ketones is 1. The summed E-state index contributed by atoms with van der Waals surface area (Å²) >= 11 is 0. The van der Waals surface area contributed by atoms with Crippen molar-refractivity contribution < 1.29 is 22.3 Å². The highest BCUT2D eigenvalue weighted by Gasteiger charge is 2.29. The molecule has 0 heterocycles. The van der Waals surface area contributed by atoms with Crippen LogP contribution in [0.25, 0.3) is 0 Å². The average molecular weight is 385 g/mol. The van der Waals surface area contributed by atoms with Crippen molar-refractivity contribution in [3.05, 3.63) is 29.6 Å². The van der Waals surface area contributed by atoms with Gasteiger partial charge in [0.15, 0.2) is 21.4 Å². The number of halogens is 1. The van der Waals surface area contributed by atoms with Crippen LogP contribution in [0.3, 0.4) is 0 Å². The van der Waals surface area contributed by atoms with Crippen molar-refractivity contribution in [2.24, 2.45) is 5.92 Å². The summed E-state index contributed by atoms with van der Waals surface area (Å²) in [4.78, 5) is 10.9. The zero-order chi connectivity index (χ0) is 19.4. The quantitative estimate of drug-likeness (QED) is 0.540. The van der Waals surface area contributed by atoms with Gasteiger partial charge in [0.05, 0.1) is 18.1 Å². The van der Waals surface area contributed by atoms with Gasteiger partial charge in [0.2, 0.25) is 0 Å². The van der Waals surface area contributed by atoms with Gasteiger partial charge < -0.3 is 9.53 Å². The van der Waals surface area contributed by atoms with Crippen molar-refractivity contribution in [1.82, 2.24) is 0 Å². The van der Waals surface area contributed by atoms with E-state index >= 15 is 0 Å². The second-order valence-corrected chi connectivity index (χ2v) is 10.2. The van der Waals surface area contributed by atoms with Gasteiger partial charge in [-0.3, -0.25) is 0 Å². The monoisotopic (exact) mass is 384 g/mol. The van der Waals surface area contributed by atoms with Crippen molar-refractivity contribution >= 4 is 15.6 Å². The van der Waals surface area contributed by atoms with Gasteiger partial charge in [-0.05, 0) is 56.2 Å². The molecule has 1 aliphatic rings. The molecule has 0 atom stereocenters. The molecular weight excluding hydrogens is 355 g/mol. The molecule has 1 aliphatic carbocycles. The number of carbonyl (C=O) groups excluding carboxylic acids is 1. The Bertz CT molecular complexity index is 736. The van der Waals surface area contributed by atoms with Crippen LogP contribution in [0.2, 0.25) is 0 Å². The molecule has 26 heavy (non-hydrogen) atoms. The Balaban J connectivity index is 2.00. The predicted molar refractivity (Wildman–Crippen MR) is 101 cm³/mol. The van der Waals surface area contributed by atoms with Crippen molar-refractivity contribution in [2.75, 3.05) is 18.1 Å². The van der Waals surface area contributed by atoms with Crippen LogP contribution in [-0.4, -0.2) is 32.3 Å². The van der Waals surface area contributed by atoms with Gasteiger partial charge in [0.25, 0.3) is 0 Å². The molecule has 0 aliphatic heterocycles. The fourth-order valence-corrected chi connectivity index (χ4v) is 4.98. The third-order valence-corrected chi connectivity index (χ3v) is 6.77. The largest absolute Gasteiger partial charge is 0.490 e. The van der Waals surface area contributed by atoms with Gasteiger partial charge in [-0.1, -0.05) is 19.9 Å². The van der Waals surface area contributed by atoms with E-state index in [1.807, 2.05) is 13.8 Å². The molecule has 0 amide bonds. The normalized spacial score (nSPS) is 15.1. The summed E-state index contributed by atoms with van der Waals surface area (Å²) in [7, 11) is -3.27. The number of rotatable bonds is 11. The first kappa shape index (κ1) is 20.9. The Kier molecular flexibility index (Phi) is 6.83. The third kappa shape index (κ3) is 6.71. The van der Waals surface area contributed by atoms with Crippen LogP contribution in [-0.2, 0) is 20.0 Å². The lowest BCUT2D eigenvalue weighted by atomic mass is 9.86. The molecule has 1 aromatic carbocycles. The molecule has 0 radical (unpaired) electrons. The number of hydrogen-bond donors (Lipinski definition) is 0. The number of carbonyl (C=O) groups is 1. The first-order valence-electron chi connectivity index (χ1n) is 9.22. The standard InChI is InChI=1S/C20H29FO4S/c1-15(22)6-4-5-11-26(23,24)14-20(2,3)17-9-10-18(21)19(12-17)25-13-16-7-8-16/h9-10,12,16H,4-8,11,13-14H2,1-3H3. The van der Waals surface area contributed by atoms with Crippen molar-refractivity contribution in [1.29, 1.82) is 0 Å². The SMILES string of the molecule is CC(=O)CCCCS(=O)(=O)CC(C)(C)c1ccc(F)c(OCC2CC2)c1. The second kappa shape index (κ2) is 8.51. The average Bonchev–Trinajstić information content (AvgIpc) is 3.33. The van der Waals surface area contributed by atoms with E-state index in [0.29, 0.717) is 31.8 Å². The summed E-state index contributed by atoms with van der Waals surface area (Å²) in [5.74, 6) is 0.414. The minimum atomic E-state index is -3.27. The third-order valence-electron chi connectivity index (χ3n) is 4.70. The molecule has 0 saturated heterocycles. The molecule has 1 fully saturated rings. The Labute approximate surface area is 156 Å². The Morgan fingerprint density at radius 3 is 2.58 bits per heavy atom. The van der Waals surface area contributed by atoms with Gasteiger partial charge in [-0.25, -0.2) is 12.8 Å². The topological polar surface area (TPSA) is 60.4 Å². The van der Waals surface area contributed by atoms with Crippen LogP contribution >= 0.6 is 0 Å². The van der Waals surface area contributed by atoms with Crippen LogP contribution < -0.4 is 4.74 Å². The lowest BCUT2D eigenvalue weighted by molar-refractivity contribution is -0.117. The van der Waals surface area contributed by atoms with Gasteiger partial charge in [-0.2, -0.15) is 0 Å². The van der Waals surface area contributed by atoms with Crippen LogP contribution in [0.4, 0.5) is 4.39 Å². The number of ether oxygens (including phenoxy) is 1. The molecule has 1 aromatic rings. The highest BCUT2D eigenvalue weighted by molar-refractivity contribution is 7.91. The maximum absolute atomic E-state index is 14.0. The van der Waals surface area contributed by atoms with Crippen LogP contribution in [0.15, 0.2) is 18.2 Å². The summed E-state index contributed by atoms with van der Waals surface area (Å²) in [5.41, 5.74) is 0.0992. The van der Waals surface area contributed by atoms with E-state index in [9.17, 15) is 17.6 Å². The zero-order valence-corrected chi connectivity index (χ0v) is 16.7. The minimum absolute atomic E-state index is 0.0201. The summed E-state index contributed by atoms with van der Waals surface area (Å²) in [6, 6.07) is 4.60. The summed E-state index contributed by atoms with van der Waals surface area (Å²) in [6.45, 7) is 5.71. The molecule has 0 aromatic heterocycles. The van der Waals surface area contributed by atoms with E-state index in [2.05, 4.69) is 0 Å². The van der Waals surface area contributed by atoms with E-state index < -0.39 is 21.1 Å².